The van der Waals surface area contributed by atoms with Crippen molar-refractivity contribution in [2.45, 2.75) is 13.3 Å². The summed E-state index contributed by atoms with van der Waals surface area (Å²) in [5.41, 5.74) is 1.96. The molecular formula is C13H18ClNO3. The lowest BCUT2D eigenvalue weighted by Gasteiger charge is -2.16. The van der Waals surface area contributed by atoms with Crippen LogP contribution in [0.25, 0.3) is 0 Å². The molecule has 0 aliphatic heterocycles. The molecule has 18 heavy (non-hydrogen) atoms. The van der Waals surface area contributed by atoms with Crippen molar-refractivity contribution in [1.29, 1.82) is 0 Å². The summed E-state index contributed by atoms with van der Waals surface area (Å²) in [6.07, 6.45) is 0.701. The number of nitrogens with zero attached hydrogens (tertiary/aromatic N) is 1. The van der Waals surface area contributed by atoms with Gasteiger partial charge in [0.05, 0.1) is 13.7 Å². The Morgan fingerprint density at radius 2 is 2.17 bits per heavy atom. The Labute approximate surface area is 112 Å². The van der Waals surface area contributed by atoms with Gasteiger partial charge in [-0.1, -0.05) is 11.6 Å². The Bertz CT molecular complexity index is 434. The van der Waals surface area contributed by atoms with Gasteiger partial charge in [-0.05, 0) is 43.7 Å². The van der Waals surface area contributed by atoms with Crippen LogP contribution < -0.4 is 4.74 Å². The van der Waals surface area contributed by atoms with Gasteiger partial charge in [0, 0.05) is 11.6 Å². The minimum atomic E-state index is -0.827. The highest BCUT2D eigenvalue weighted by Gasteiger charge is 2.09. The predicted molar refractivity (Wildman–Crippen MR) is 71.6 cm³/mol. The number of carboxylic acid groups (broad SMARTS) is 1. The van der Waals surface area contributed by atoms with Gasteiger partial charge in [0.2, 0.25) is 0 Å². The Morgan fingerprint density at radius 1 is 1.50 bits per heavy atom. The Hall–Kier alpha value is -1.26. The number of hydrogen-bond donors (Lipinski definition) is 1. The molecule has 0 radical (unpaired) electrons. The van der Waals surface area contributed by atoms with Crippen LogP contribution in [0.4, 0.5) is 0 Å². The van der Waals surface area contributed by atoms with Crippen molar-refractivity contribution >= 4 is 17.6 Å². The van der Waals surface area contributed by atoms with E-state index in [-0.39, 0.29) is 6.54 Å². The Morgan fingerprint density at radius 3 is 2.72 bits per heavy atom. The molecule has 0 unspecified atom stereocenters. The van der Waals surface area contributed by atoms with Gasteiger partial charge in [-0.2, -0.15) is 0 Å². The molecule has 0 aliphatic rings. The molecule has 0 fully saturated rings. The summed E-state index contributed by atoms with van der Waals surface area (Å²) >= 11 is 6.08. The van der Waals surface area contributed by atoms with Crippen LogP contribution in [0.5, 0.6) is 5.75 Å². The highest BCUT2D eigenvalue weighted by atomic mass is 35.5. The van der Waals surface area contributed by atoms with Gasteiger partial charge in [-0.15, -0.1) is 0 Å². The summed E-state index contributed by atoms with van der Waals surface area (Å²) in [6, 6.07) is 3.78. The first-order valence-corrected chi connectivity index (χ1v) is 6.05. The fraction of sp³-hybridized carbons (Fsp3) is 0.462. The van der Waals surface area contributed by atoms with Crippen LogP contribution in [0.3, 0.4) is 0 Å². The number of carbonyl (C=O) groups is 1. The summed E-state index contributed by atoms with van der Waals surface area (Å²) in [5, 5.41) is 9.38. The average Bonchev–Trinajstić information content (AvgIpc) is 2.29. The minimum Gasteiger partial charge on any atom is -0.496 e. The molecular weight excluding hydrogens is 254 g/mol. The Balaban J connectivity index is 2.72. The van der Waals surface area contributed by atoms with E-state index in [9.17, 15) is 4.79 Å². The summed E-state index contributed by atoms with van der Waals surface area (Å²) in [7, 11) is 3.39. The number of aliphatic carboxylic acids is 1. The molecule has 5 heteroatoms. The molecule has 100 valence electrons. The van der Waals surface area contributed by atoms with E-state index in [0.29, 0.717) is 18.0 Å². The summed E-state index contributed by atoms with van der Waals surface area (Å²) < 4.78 is 5.30. The van der Waals surface area contributed by atoms with Crippen LogP contribution in [0.2, 0.25) is 5.02 Å². The number of aryl methyl sites for hydroxylation is 1. The van der Waals surface area contributed by atoms with Crippen LogP contribution in [0, 0.1) is 6.92 Å². The Kier molecular flexibility index (Phi) is 5.44. The van der Waals surface area contributed by atoms with Gasteiger partial charge in [-0.3, -0.25) is 9.69 Å². The van der Waals surface area contributed by atoms with E-state index in [4.69, 9.17) is 21.4 Å². The lowest BCUT2D eigenvalue weighted by Crippen LogP contribution is -2.27. The van der Waals surface area contributed by atoms with Gasteiger partial charge < -0.3 is 9.84 Å². The third-order valence-corrected chi connectivity index (χ3v) is 3.14. The molecule has 0 amide bonds. The lowest BCUT2D eigenvalue weighted by atomic mass is 10.1. The molecule has 0 saturated carbocycles. The number of benzene rings is 1. The number of rotatable bonds is 6. The molecule has 0 saturated heterocycles. The van der Waals surface area contributed by atoms with Crippen molar-refractivity contribution in [2.75, 3.05) is 27.2 Å². The number of halogens is 1. The quantitative estimate of drug-likeness (QED) is 0.862. The van der Waals surface area contributed by atoms with E-state index >= 15 is 0 Å². The van der Waals surface area contributed by atoms with Crippen molar-refractivity contribution < 1.29 is 14.6 Å². The van der Waals surface area contributed by atoms with Crippen LogP contribution in [0.15, 0.2) is 12.1 Å². The monoisotopic (exact) mass is 271 g/mol. The number of ether oxygens (including phenoxy) is 1. The number of likely N-dealkylation sites (N-methyl/N-ethyl adjacent to an activating group) is 1. The number of methoxy groups -OCH3 is 1. The van der Waals surface area contributed by atoms with Crippen molar-refractivity contribution in [2.24, 2.45) is 0 Å². The van der Waals surface area contributed by atoms with Crippen LogP contribution in [-0.2, 0) is 11.2 Å². The van der Waals surface area contributed by atoms with Crippen molar-refractivity contribution in [3.63, 3.8) is 0 Å². The topological polar surface area (TPSA) is 49.8 Å². The third-order valence-electron chi connectivity index (χ3n) is 2.73. The van der Waals surface area contributed by atoms with Gasteiger partial charge >= 0.3 is 5.97 Å². The normalized spacial score (nSPS) is 10.7. The van der Waals surface area contributed by atoms with Crippen LogP contribution in [0.1, 0.15) is 11.1 Å². The zero-order valence-electron chi connectivity index (χ0n) is 10.9. The highest BCUT2D eigenvalue weighted by molar-refractivity contribution is 6.31. The summed E-state index contributed by atoms with van der Waals surface area (Å²) in [6.45, 7) is 2.59. The highest BCUT2D eigenvalue weighted by Crippen LogP contribution is 2.26. The maximum Gasteiger partial charge on any atom is 0.317 e. The molecule has 0 spiro atoms. The molecule has 4 nitrogen and oxygen atoms in total. The van der Waals surface area contributed by atoms with Gasteiger partial charge in [0.25, 0.3) is 0 Å². The molecule has 1 N–H and O–H groups in total. The maximum absolute atomic E-state index is 10.6. The van der Waals surface area contributed by atoms with Gasteiger partial charge in [0.1, 0.15) is 5.75 Å². The maximum atomic E-state index is 10.6. The first-order valence-electron chi connectivity index (χ1n) is 5.67. The first kappa shape index (κ1) is 14.8. The smallest absolute Gasteiger partial charge is 0.317 e. The first-order chi connectivity index (χ1) is 8.43. The third kappa shape index (κ3) is 4.20. The average molecular weight is 272 g/mol. The van der Waals surface area contributed by atoms with Crippen LogP contribution in [-0.4, -0.2) is 43.2 Å². The molecule has 0 heterocycles. The predicted octanol–water partition coefficient (Wildman–Crippen LogP) is 2.22. The van der Waals surface area contributed by atoms with E-state index in [1.54, 1.807) is 19.1 Å². The van der Waals surface area contributed by atoms with E-state index in [1.165, 1.54) is 0 Å². The largest absolute Gasteiger partial charge is 0.496 e. The van der Waals surface area contributed by atoms with E-state index in [2.05, 4.69) is 0 Å². The summed E-state index contributed by atoms with van der Waals surface area (Å²) in [4.78, 5) is 12.3. The van der Waals surface area contributed by atoms with Gasteiger partial charge in [-0.25, -0.2) is 0 Å². The molecule has 0 aromatic heterocycles. The second-order valence-electron chi connectivity index (χ2n) is 4.29. The lowest BCUT2D eigenvalue weighted by molar-refractivity contribution is -0.137. The van der Waals surface area contributed by atoms with Gasteiger partial charge in [0.15, 0.2) is 0 Å². The van der Waals surface area contributed by atoms with Crippen LogP contribution >= 0.6 is 11.6 Å². The zero-order chi connectivity index (χ0) is 13.7. The van der Waals surface area contributed by atoms with Crippen molar-refractivity contribution in [3.8, 4) is 5.75 Å². The molecule has 0 aliphatic carbocycles. The van der Waals surface area contributed by atoms with Crippen molar-refractivity contribution in [3.05, 3.63) is 28.3 Å². The second kappa shape index (κ2) is 6.61. The number of carboxylic acids is 1. The standard InChI is InChI=1S/C13H18ClNO3/c1-9-6-12(18-3)10(7-11(9)14)4-5-15(2)8-13(16)17/h6-7H,4-5,8H2,1-3H3,(H,16,17). The minimum absolute atomic E-state index is 0.0297. The van der Waals surface area contributed by atoms with E-state index < -0.39 is 5.97 Å². The fourth-order valence-electron chi connectivity index (χ4n) is 1.70. The summed E-state index contributed by atoms with van der Waals surface area (Å²) in [5.74, 6) is -0.0352. The van der Waals surface area contributed by atoms with Crippen molar-refractivity contribution in [1.82, 2.24) is 4.90 Å². The zero-order valence-corrected chi connectivity index (χ0v) is 11.6. The molecule has 1 rings (SSSR count). The molecule has 1 aromatic rings. The SMILES string of the molecule is COc1cc(C)c(Cl)cc1CCN(C)CC(=O)O. The number of hydrogen-bond acceptors (Lipinski definition) is 3. The molecule has 0 atom stereocenters. The molecule has 1 aromatic carbocycles. The fourth-order valence-corrected chi connectivity index (χ4v) is 1.89. The molecule has 0 bridgehead atoms. The van der Waals surface area contributed by atoms with E-state index in [1.807, 2.05) is 19.1 Å². The van der Waals surface area contributed by atoms with E-state index in [0.717, 1.165) is 16.9 Å². The second-order valence-corrected chi connectivity index (χ2v) is 4.70.